The van der Waals surface area contributed by atoms with Crippen molar-refractivity contribution in [3.05, 3.63) is 106 Å². The molecule has 3 saturated heterocycles. The second-order valence-electron chi connectivity index (χ2n) is 16.1. The second kappa shape index (κ2) is 18.5. The lowest BCUT2D eigenvalue weighted by molar-refractivity contribution is -0.144. The van der Waals surface area contributed by atoms with E-state index in [4.69, 9.17) is 4.74 Å². The van der Waals surface area contributed by atoms with Crippen molar-refractivity contribution in [1.82, 2.24) is 16.0 Å². The first kappa shape index (κ1) is 39.6. The van der Waals surface area contributed by atoms with E-state index in [-0.39, 0.29) is 17.8 Å². The molecule has 3 heterocycles. The first-order valence-corrected chi connectivity index (χ1v) is 19.7. The number of hydrogen-bond donors (Lipinski definition) is 6. The zero-order valence-corrected chi connectivity index (χ0v) is 31.5. The summed E-state index contributed by atoms with van der Waals surface area (Å²) in [7, 11) is 1.74. The highest BCUT2D eigenvalue weighted by Crippen LogP contribution is 2.32. The van der Waals surface area contributed by atoms with Gasteiger partial charge in [-0.05, 0) is 129 Å². The number of carboxylic acid groups (broad SMARTS) is 3. The summed E-state index contributed by atoms with van der Waals surface area (Å²) in [5, 5.41) is 40.3. The lowest BCUT2D eigenvalue weighted by Gasteiger charge is -2.34. The molecule has 0 unspecified atom stereocenters. The van der Waals surface area contributed by atoms with E-state index in [2.05, 4.69) is 52.3 Å². The summed E-state index contributed by atoms with van der Waals surface area (Å²) in [6.45, 7) is 4.69. The Morgan fingerprint density at radius 1 is 0.574 bits per heavy atom. The summed E-state index contributed by atoms with van der Waals surface area (Å²) in [5.41, 5.74) is 5.41. The number of nitrogens with one attached hydrogen (secondary N) is 3. The van der Waals surface area contributed by atoms with E-state index in [1.807, 2.05) is 36.4 Å². The standard InChI is InChI=1S/C44H57N3O7/c1-54-44(23-32-8-2-5-29(17-32)20-38(41(48)49)35-11-14-45-26-35,24-33-9-3-6-30(18-33)21-39(42(50)51)36-12-15-46-27-36)25-34-10-4-7-31(19-34)22-40(43(52)53)37-13-16-47-28-37/h2-10,17-19,35-40,45-47H,11-16,20-28H2,1H3,(H,48,49)(H,50,51)(H,52,53)/t35-,36-,37-,38-,39-,40-/m0/s1. The topological polar surface area (TPSA) is 157 Å². The van der Waals surface area contributed by atoms with Crippen molar-refractivity contribution in [1.29, 1.82) is 0 Å². The van der Waals surface area contributed by atoms with Crippen molar-refractivity contribution in [2.75, 3.05) is 46.4 Å². The van der Waals surface area contributed by atoms with Crippen LogP contribution in [0.5, 0.6) is 0 Å². The maximum absolute atomic E-state index is 12.4. The van der Waals surface area contributed by atoms with Crippen LogP contribution in [0.3, 0.4) is 0 Å². The monoisotopic (exact) mass is 739 g/mol. The van der Waals surface area contributed by atoms with Crippen LogP contribution in [0.25, 0.3) is 0 Å². The van der Waals surface area contributed by atoms with E-state index in [0.717, 1.165) is 91.9 Å². The summed E-state index contributed by atoms with van der Waals surface area (Å²) >= 11 is 0. The largest absolute Gasteiger partial charge is 0.481 e. The molecule has 6 atom stereocenters. The molecule has 10 nitrogen and oxygen atoms in total. The molecule has 0 amide bonds. The van der Waals surface area contributed by atoms with E-state index in [1.54, 1.807) is 7.11 Å². The van der Waals surface area contributed by atoms with Gasteiger partial charge in [0.25, 0.3) is 0 Å². The zero-order chi connectivity index (χ0) is 38.1. The molecular weight excluding hydrogens is 682 g/mol. The maximum Gasteiger partial charge on any atom is 0.307 e. The Bertz CT molecular complexity index is 1530. The van der Waals surface area contributed by atoms with Crippen LogP contribution in [0.1, 0.15) is 52.6 Å². The smallest absolute Gasteiger partial charge is 0.307 e. The Hall–Kier alpha value is -4.09. The van der Waals surface area contributed by atoms with Crippen LogP contribution < -0.4 is 16.0 Å². The zero-order valence-electron chi connectivity index (χ0n) is 31.5. The summed E-state index contributed by atoms with van der Waals surface area (Å²) in [6.07, 6.45) is 5.64. The maximum atomic E-state index is 12.4. The first-order valence-electron chi connectivity index (χ1n) is 19.7. The van der Waals surface area contributed by atoms with E-state index in [1.165, 1.54) is 0 Å². The van der Waals surface area contributed by atoms with Crippen LogP contribution in [0, 0.1) is 35.5 Å². The molecule has 0 aliphatic carbocycles. The predicted molar refractivity (Wildman–Crippen MR) is 208 cm³/mol. The van der Waals surface area contributed by atoms with E-state index in [9.17, 15) is 29.7 Å². The summed E-state index contributed by atoms with van der Waals surface area (Å²) in [4.78, 5) is 37.1. The van der Waals surface area contributed by atoms with Gasteiger partial charge in [-0.1, -0.05) is 72.8 Å². The van der Waals surface area contributed by atoms with Gasteiger partial charge in [-0.3, -0.25) is 14.4 Å². The molecule has 0 saturated carbocycles. The number of ether oxygens (including phenoxy) is 1. The average Bonchev–Trinajstić information content (AvgIpc) is 3.97. The van der Waals surface area contributed by atoms with Gasteiger partial charge in [-0.15, -0.1) is 0 Å². The molecule has 3 fully saturated rings. The highest BCUT2D eigenvalue weighted by atomic mass is 16.5. The fourth-order valence-corrected chi connectivity index (χ4v) is 9.31. The third-order valence-electron chi connectivity index (χ3n) is 12.3. The molecule has 3 aromatic carbocycles. The lowest BCUT2D eigenvalue weighted by atomic mass is 9.80. The Morgan fingerprint density at radius 2 is 0.870 bits per heavy atom. The summed E-state index contributed by atoms with van der Waals surface area (Å²) in [5.74, 6) is -3.37. The van der Waals surface area contributed by atoms with E-state index in [0.29, 0.717) is 38.5 Å². The minimum atomic E-state index is -0.760. The van der Waals surface area contributed by atoms with Gasteiger partial charge in [0.2, 0.25) is 0 Å². The fourth-order valence-electron chi connectivity index (χ4n) is 9.31. The Kier molecular flexibility index (Phi) is 13.6. The van der Waals surface area contributed by atoms with Crippen LogP contribution in [0.4, 0.5) is 0 Å². The van der Waals surface area contributed by atoms with Crippen LogP contribution in [0.15, 0.2) is 72.8 Å². The number of rotatable bonds is 19. The van der Waals surface area contributed by atoms with Gasteiger partial charge in [-0.25, -0.2) is 0 Å². The molecule has 10 heteroatoms. The minimum absolute atomic E-state index is 0.0973. The van der Waals surface area contributed by atoms with Crippen molar-refractivity contribution >= 4 is 17.9 Å². The molecule has 6 rings (SSSR count). The number of hydrogen-bond acceptors (Lipinski definition) is 7. The van der Waals surface area contributed by atoms with E-state index >= 15 is 0 Å². The molecule has 3 aliphatic rings. The number of aliphatic carboxylic acids is 3. The molecule has 6 N–H and O–H groups in total. The van der Waals surface area contributed by atoms with Crippen molar-refractivity contribution in [2.45, 2.75) is 63.4 Å². The van der Waals surface area contributed by atoms with Gasteiger partial charge in [0.05, 0.1) is 23.4 Å². The molecule has 290 valence electrons. The SMILES string of the molecule is COC(Cc1cccc(C[C@H](C(=O)O)[C@H]2CCNC2)c1)(Cc1cccc(C[C@H](C(=O)O)[C@H]2CCNC2)c1)Cc1cccc(C[C@H](C(=O)O)[C@H]2CCNC2)c1. The molecule has 3 aromatic rings. The number of benzene rings is 3. The Morgan fingerprint density at radius 3 is 1.11 bits per heavy atom. The fraction of sp³-hybridized carbons (Fsp3) is 0.523. The van der Waals surface area contributed by atoms with E-state index < -0.39 is 41.3 Å². The van der Waals surface area contributed by atoms with Gasteiger partial charge in [0.1, 0.15) is 0 Å². The third-order valence-corrected chi connectivity index (χ3v) is 12.3. The average molecular weight is 740 g/mol. The minimum Gasteiger partial charge on any atom is -0.481 e. The summed E-state index contributed by atoms with van der Waals surface area (Å²) < 4.78 is 6.56. The van der Waals surface area contributed by atoms with Crippen LogP contribution >= 0.6 is 0 Å². The molecular formula is C44H57N3O7. The van der Waals surface area contributed by atoms with Crippen LogP contribution in [0.2, 0.25) is 0 Å². The quantitative estimate of drug-likeness (QED) is 0.102. The van der Waals surface area contributed by atoms with Crippen molar-refractivity contribution in [3.8, 4) is 0 Å². The molecule has 3 aliphatic heterocycles. The van der Waals surface area contributed by atoms with Gasteiger partial charge in [0.15, 0.2) is 0 Å². The van der Waals surface area contributed by atoms with Gasteiger partial charge < -0.3 is 36.0 Å². The number of methoxy groups -OCH3 is 1. The normalized spacial score (nSPS) is 21.8. The van der Waals surface area contributed by atoms with Gasteiger partial charge >= 0.3 is 17.9 Å². The Labute approximate surface area is 319 Å². The highest BCUT2D eigenvalue weighted by Gasteiger charge is 2.35. The Balaban J connectivity index is 1.28. The van der Waals surface area contributed by atoms with Crippen molar-refractivity contribution in [2.24, 2.45) is 35.5 Å². The molecule has 0 radical (unpaired) electrons. The molecule has 0 aromatic heterocycles. The number of carbonyl (C=O) groups is 3. The van der Waals surface area contributed by atoms with Gasteiger partial charge in [-0.2, -0.15) is 0 Å². The predicted octanol–water partition coefficient (Wildman–Crippen LogP) is 4.66. The third kappa shape index (κ3) is 10.4. The molecule has 54 heavy (non-hydrogen) atoms. The number of carboxylic acids is 3. The van der Waals surface area contributed by atoms with Crippen molar-refractivity contribution < 1.29 is 34.4 Å². The highest BCUT2D eigenvalue weighted by molar-refractivity contribution is 5.72. The second-order valence-corrected chi connectivity index (χ2v) is 16.1. The van der Waals surface area contributed by atoms with Crippen LogP contribution in [-0.2, 0) is 57.6 Å². The first-order chi connectivity index (χ1) is 26.1. The lowest BCUT2D eigenvalue weighted by Crippen LogP contribution is -2.39. The molecule has 0 bridgehead atoms. The van der Waals surface area contributed by atoms with Crippen LogP contribution in [-0.4, -0.2) is 85.2 Å². The van der Waals surface area contributed by atoms with Gasteiger partial charge in [0, 0.05) is 26.4 Å². The summed E-state index contributed by atoms with van der Waals surface area (Å²) in [6, 6.07) is 24.7. The van der Waals surface area contributed by atoms with Crippen molar-refractivity contribution in [3.63, 3.8) is 0 Å². The molecule has 0 spiro atoms.